The molecular formula is C10H14N2O3. The lowest BCUT2D eigenvalue weighted by molar-refractivity contribution is -0.120. The van der Waals surface area contributed by atoms with Gasteiger partial charge >= 0.3 is 0 Å². The summed E-state index contributed by atoms with van der Waals surface area (Å²) >= 11 is 0. The largest absolute Gasteiger partial charge is 0.504 e. The first kappa shape index (κ1) is 11.3. The molecule has 0 aliphatic rings. The van der Waals surface area contributed by atoms with Gasteiger partial charge in [-0.1, -0.05) is 13.0 Å². The molecule has 0 aromatic heterocycles. The van der Waals surface area contributed by atoms with Crippen molar-refractivity contribution in [3.63, 3.8) is 0 Å². The number of hydrogen-bond donors (Lipinski definition) is 4. The first-order valence-electron chi connectivity index (χ1n) is 4.60. The third kappa shape index (κ3) is 2.60. The predicted octanol–water partition coefficient (Wildman–Crippen LogP) is 0.234. The van der Waals surface area contributed by atoms with E-state index in [0.29, 0.717) is 12.1 Å². The van der Waals surface area contributed by atoms with E-state index in [2.05, 4.69) is 5.32 Å². The number of aromatic hydroxyl groups is 2. The van der Waals surface area contributed by atoms with E-state index in [1.807, 2.05) is 6.92 Å². The van der Waals surface area contributed by atoms with E-state index in [1.165, 1.54) is 18.2 Å². The van der Waals surface area contributed by atoms with Crippen LogP contribution in [0, 0.1) is 0 Å². The number of phenolic OH excluding ortho intramolecular Hbond substituents is 2. The van der Waals surface area contributed by atoms with Crippen LogP contribution in [-0.4, -0.2) is 22.7 Å². The van der Waals surface area contributed by atoms with Gasteiger partial charge in [-0.25, -0.2) is 0 Å². The van der Waals surface area contributed by atoms with Crippen molar-refractivity contribution in [2.45, 2.75) is 13.0 Å². The molecule has 1 atom stereocenters. The molecule has 1 unspecified atom stereocenters. The van der Waals surface area contributed by atoms with Crippen LogP contribution in [0.15, 0.2) is 18.2 Å². The van der Waals surface area contributed by atoms with Crippen molar-refractivity contribution in [2.75, 3.05) is 6.54 Å². The predicted molar refractivity (Wildman–Crippen MR) is 55.4 cm³/mol. The second kappa shape index (κ2) is 4.65. The van der Waals surface area contributed by atoms with E-state index in [4.69, 9.17) is 10.8 Å². The van der Waals surface area contributed by atoms with Crippen molar-refractivity contribution in [3.05, 3.63) is 23.8 Å². The standard InChI is InChI=1S/C10H14N2O3/c1-2-12-9(10(11)15)6-3-4-7(13)8(14)5-6/h3-5,9,12-14H,2H2,1H3,(H2,11,15). The Morgan fingerprint density at radius 2 is 2.13 bits per heavy atom. The molecule has 1 rings (SSSR count). The number of hydrogen-bond acceptors (Lipinski definition) is 4. The summed E-state index contributed by atoms with van der Waals surface area (Å²) in [6.07, 6.45) is 0. The maximum atomic E-state index is 11.1. The molecule has 0 heterocycles. The molecule has 0 aliphatic carbocycles. The number of likely N-dealkylation sites (N-methyl/N-ethyl adjacent to an activating group) is 1. The minimum Gasteiger partial charge on any atom is -0.504 e. The van der Waals surface area contributed by atoms with Crippen molar-refractivity contribution < 1.29 is 15.0 Å². The van der Waals surface area contributed by atoms with Crippen LogP contribution in [0.5, 0.6) is 11.5 Å². The molecule has 0 saturated carbocycles. The van der Waals surface area contributed by atoms with Gasteiger partial charge in [0.25, 0.3) is 0 Å². The molecule has 0 fully saturated rings. The van der Waals surface area contributed by atoms with E-state index in [0.717, 1.165) is 0 Å². The molecule has 0 saturated heterocycles. The van der Waals surface area contributed by atoms with Crippen LogP contribution < -0.4 is 11.1 Å². The molecule has 1 aromatic carbocycles. The monoisotopic (exact) mass is 210 g/mol. The third-order valence-corrected chi connectivity index (χ3v) is 2.03. The summed E-state index contributed by atoms with van der Waals surface area (Å²) in [5.74, 6) is -1.02. The van der Waals surface area contributed by atoms with Gasteiger partial charge in [0, 0.05) is 0 Å². The van der Waals surface area contributed by atoms with Gasteiger partial charge in [-0.3, -0.25) is 4.79 Å². The Balaban J connectivity index is 3.01. The Bertz CT molecular complexity index is 366. The summed E-state index contributed by atoms with van der Waals surface area (Å²) < 4.78 is 0. The van der Waals surface area contributed by atoms with Crippen molar-refractivity contribution in [1.29, 1.82) is 0 Å². The fraction of sp³-hybridized carbons (Fsp3) is 0.300. The Hall–Kier alpha value is -1.75. The van der Waals surface area contributed by atoms with E-state index in [-0.39, 0.29) is 11.5 Å². The van der Waals surface area contributed by atoms with E-state index >= 15 is 0 Å². The molecule has 1 amide bonds. The van der Waals surface area contributed by atoms with E-state index < -0.39 is 11.9 Å². The number of nitrogens with two attached hydrogens (primary N) is 1. The van der Waals surface area contributed by atoms with Crippen LogP contribution in [0.1, 0.15) is 18.5 Å². The highest BCUT2D eigenvalue weighted by molar-refractivity contribution is 5.81. The van der Waals surface area contributed by atoms with Gasteiger partial charge in [0.2, 0.25) is 5.91 Å². The third-order valence-electron chi connectivity index (χ3n) is 2.03. The highest BCUT2D eigenvalue weighted by Crippen LogP contribution is 2.27. The lowest BCUT2D eigenvalue weighted by atomic mass is 10.1. The van der Waals surface area contributed by atoms with E-state index in [1.54, 1.807) is 0 Å². The number of carbonyl (C=O) groups excluding carboxylic acids is 1. The van der Waals surface area contributed by atoms with Crippen LogP contribution in [0.3, 0.4) is 0 Å². The Morgan fingerprint density at radius 1 is 1.47 bits per heavy atom. The van der Waals surface area contributed by atoms with Gasteiger partial charge < -0.3 is 21.3 Å². The van der Waals surface area contributed by atoms with Gasteiger partial charge in [-0.05, 0) is 24.2 Å². The molecule has 0 spiro atoms. The molecule has 5 N–H and O–H groups in total. The highest BCUT2D eigenvalue weighted by atomic mass is 16.3. The molecule has 0 aliphatic heterocycles. The van der Waals surface area contributed by atoms with Crippen LogP contribution in [0.25, 0.3) is 0 Å². The number of carbonyl (C=O) groups is 1. The number of nitrogens with one attached hydrogen (secondary N) is 1. The van der Waals surface area contributed by atoms with Gasteiger partial charge in [-0.15, -0.1) is 0 Å². The Morgan fingerprint density at radius 3 is 2.60 bits per heavy atom. The number of phenols is 2. The zero-order chi connectivity index (χ0) is 11.4. The van der Waals surface area contributed by atoms with Gasteiger partial charge in [0.15, 0.2) is 11.5 Å². The molecule has 82 valence electrons. The average molecular weight is 210 g/mol. The molecule has 0 bridgehead atoms. The lowest BCUT2D eigenvalue weighted by Crippen LogP contribution is -2.33. The van der Waals surface area contributed by atoms with Gasteiger partial charge in [-0.2, -0.15) is 0 Å². The summed E-state index contributed by atoms with van der Waals surface area (Å²) in [5.41, 5.74) is 5.72. The van der Waals surface area contributed by atoms with Crippen molar-refractivity contribution in [1.82, 2.24) is 5.32 Å². The highest BCUT2D eigenvalue weighted by Gasteiger charge is 2.17. The zero-order valence-electron chi connectivity index (χ0n) is 8.40. The maximum Gasteiger partial charge on any atom is 0.239 e. The minimum absolute atomic E-state index is 0.224. The molecule has 5 heteroatoms. The maximum absolute atomic E-state index is 11.1. The van der Waals surface area contributed by atoms with Crippen molar-refractivity contribution in [2.24, 2.45) is 5.73 Å². The SMILES string of the molecule is CCNC(C(N)=O)c1ccc(O)c(O)c1. The van der Waals surface area contributed by atoms with Crippen molar-refractivity contribution in [3.8, 4) is 11.5 Å². The molecule has 1 aromatic rings. The zero-order valence-corrected chi connectivity index (χ0v) is 8.40. The van der Waals surface area contributed by atoms with Crippen LogP contribution in [0.4, 0.5) is 0 Å². The first-order chi connectivity index (χ1) is 7.06. The summed E-state index contributed by atoms with van der Waals surface area (Å²) in [6.45, 7) is 2.42. The van der Waals surface area contributed by atoms with Gasteiger partial charge in [0.05, 0.1) is 0 Å². The smallest absolute Gasteiger partial charge is 0.239 e. The fourth-order valence-corrected chi connectivity index (χ4v) is 1.31. The molecule has 5 nitrogen and oxygen atoms in total. The molecular weight excluding hydrogens is 196 g/mol. The summed E-state index contributed by atoms with van der Waals surface area (Å²) in [5, 5.41) is 21.3. The summed E-state index contributed by atoms with van der Waals surface area (Å²) in [4.78, 5) is 11.1. The van der Waals surface area contributed by atoms with Crippen LogP contribution >= 0.6 is 0 Å². The number of primary amides is 1. The number of benzene rings is 1. The Kier molecular flexibility index (Phi) is 3.51. The lowest BCUT2D eigenvalue weighted by Gasteiger charge is -2.14. The number of amides is 1. The quantitative estimate of drug-likeness (QED) is 0.535. The summed E-state index contributed by atoms with van der Waals surface area (Å²) in [6, 6.07) is 3.51. The minimum atomic E-state index is -0.651. The van der Waals surface area contributed by atoms with Crippen LogP contribution in [-0.2, 0) is 4.79 Å². The topological polar surface area (TPSA) is 95.6 Å². The average Bonchev–Trinajstić information content (AvgIpc) is 2.18. The molecule has 0 radical (unpaired) electrons. The summed E-state index contributed by atoms with van der Waals surface area (Å²) in [7, 11) is 0. The Labute approximate surface area is 87.5 Å². The number of rotatable bonds is 4. The van der Waals surface area contributed by atoms with E-state index in [9.17, 15) is 9.90 Å². The molecule has 15 heavy (non-hydrogen) atoms. The van der Waals surface area contributed by atoms with Crippen LogP contribution in [0.2, 0.25) is 0 Å². The fourth-order valence-electron chi connectivity index (χ4n) is 1.31. The second-order valence-corrected chi connectivity index (χ2v) is 3.14. The second-order valence-electron chi connectivity index (χ2n) is 3.14. The van der Waals surface area contributed by atoms with Crippen molar-refractivity contribution >= 4 is 5.91 Å². The normalized spacial score (nSPS) is 12.3. The van der Waals surface area contributed by atoms with Gasteiger partial charge in [0.1, 0.15) is 6.04 Å². The first-order valence-corrected chi connectivity index (χ1v) is 4.60.